The van der Waals surface area contributed by atoms with Gasteiger partial charge in [-0.1, -0.05) is 0 Å². The van der Waals surface area contributed by atoms with Crippen LogP contribution in [0.1, 0.15) is 19.8 Å². The summed E-state index contributed by atoms with van der Waals surface area (Å²) in [5, 5.41) is 0. The predicted octanol–water partition coefficient (Wildman–Crippen LogP) is 1.78. The van der Waals surface area contributed by atoms with Crippen LogP contribution in [0.15, 0.2) is 0 Å². The third kappa shape index (κ3) is 4.57. The van der Waals surface area contributed by atoms with E-state index in [2.05, 4.69) is 0 Å². The van der Waals surface area contributed by atoms with E-state index in [0.717, 1.165) is 12.8 Å². The molecule has 0 aromatic carbocycles. The molecule has 0 saturated carbocycles. The minimum atomic E-state index is -1.51. The van der Waals surface area contributed by atoms with Crippen molar-refractivity contribution in [1.29, 1.82) is 0 Å². The van der Waals surface area contributed by atoms with Gasteiger partial charge in [0, 0.05) is 0 Å². The summed E-state index contributed by atoms with van der Waals surface area (Å²) in [6.45, 7) is 2.05. The zero-order chi connectivity index (χ0) is 5.70. The Morgan fingerprint density at radius 3 is 2.57 bits per heavy atom. The van der Waals surface area contributed by atoms with Crippen LogP contribution in [0.5, 0.6) is 0 Å². The summed E-state index contributed by atoms with van der Waals surface area (Å²) in [7, 11) is 0. The molecule has 39 valence electrons. The molecule has 0 heterocycles. The third-order valence-corrected chi connectivity index (χ3v) is 3.27. The van der Waals surface area contributed by atoms with E-state index in [1.54, 1.807) is 0 Å². The van der Waals surface area contributed by atoms with Gasteiger partial charge < -0.3 is 0 Å². The molecule has 0 aliphatic rings. The Bertz CT molecular complexity index is 57.7. The molecule has 3 heteroatoms. The Balaban J connectivity index is 2.98. The van der Waals surface area contributed by atoms with Crippen molar-refractivity contribution in [3.8, 4) is 0 Å². The van der Waals surface area contributed by atoms with Crippen molar-refractivity contribution in [2.75, 3.05) is 0 Å². The normalized spacial score (nSPS) is 12.9. The number of hydrogen-bond donors (Lipinski definition) is 0. The van der Waals surface area contributed by atoms with E-state index in [4.69, 9.17) is 11.6 Å². The van der Waals surface area contributed by atoms with E-state index < -0.39 is 17.1 Å². The van der Waals surface area contributed by atoms with Crippen molar-refractivity contribution in [3.63, 3.8) is 0 Å². The molecule has 0 spiro atoms. The van der Waals surface area contributed by atoms with E-state index in [0.29, 0.717) is 0 Å². The second-order valence-corrected chi connectivity index (χ2v) is 6.02. The van der Waals surface area contributed by atoms with Crippen LogP contribution >= 0.6 is 11.6 Å². The molecule has 1 nitrogen and oxygen atoms in total. The van der Waals surface area contributed by atoms with Gasteiger partial charge >= 0.3 is 56.0 Å². The Hall–Kier alpha value is 0.713. The molecule has 0 saturated heterocycles. The molecule has 0 amide bonds. The molecule has 0 fully saturated rings. The molecule has 7 heavy (non-hydrogen) atoms. The fraction of sp³-hybridized carbons (Fsp3) is 1.00. The molecule has 0 aromatic heterocycles. The van der Waals surface area contributed by atoms with E-state index in [1.165, 1.54) is 0 Å². The number of hydrogen-bond acceptors (Lipinski definition) is 1. The van der Waals surface area contributed by atoms with Crippen LogP contribution in [0.4, 0.5) is 0 Å². The monoisotopic (exact) mass is 171 g/mol. The zero-order valence-electron chi connectivity index (χ0n) is 4.48. The Morgan fingerprint density at radius 2 is 2.43 bits per heavy atom. The average Bonchev–Trinajstić information content (AvgIpc) is 1.68. The second kappa shape index (κ2) is 4.86. The molecule has 1 atom stereocenters. The predicted molar refractivity (Wildman–Crippen MR) is 25.2 cm³/mol. The van der Waals surface area contributed by atoms with Crippen molar-refractivity contribution < 1.29 is 20.7 Å². The van der Waals surface area contributed by atoms with Gasteiger partial charge in [-0.05, 0) is 0 Å². The number of halogens is 1. The molecule has 0 aromatic rings. The fourth-order valence-electron chi connectivity index (χ4n) is 0.397. The summed E-state index contributed by atoms with van der Waals surface area (Å²) in [6, 6.07) is 0. The molecule has 0 N–H and O–H groups in total. The van der Waals surface area contributed by atoms with E-state index >= 15 is 0 Å². The Kier molecular flexibility index (Phi) is 5.36. The summed E-state index contributed by atoms with van der Waals surface area (Å²) in [6.07, 6.45) is 1.99. The van der Waals surface area contributed by atoms with Crippen LogP contribution < -0.4 is 0 Å². The second-order valence-electron chi connectivity index (χ2n) is 1.55. The van der Waals surface area contributed by atoms with Crippen LogP contribution in [-0.2, 0) is 20.7 Å². The quantitative estimate of drug-likeness (QED) is 0.469. The van der Waals surface area contributed by atoms with Gasteiger partial charge in [0.1, 0.15) is 0 Å². The third-order valence-electron chi connectivity index (χ3n) is 0.783. The van der Waals surface area contributed by atoms with Gasteiger partial charge in [-0.2, -0.15) is 0 Å². The van der Waals surface area contributed by atoms with Gasteiger partial charge in [-0.25, -0.2) is 0 Å². The topological polar surface area (TPSA) is 17.1 Å². The molecule has 0 rings (SSSR count). The summed E-state index contributed by atoms with van der Waals surface area (Å²) in [5.41, 5.74) is 0. The van der Waals surface area contributed by atoms with Crippen LogP contribution in [0.2, 0.25) is 0 Å². The standard InChI is InChI=1S/C4H8Cl.O.Zn/c1-2-3-4-5;;/h4H,2-3H2,1H3;;. The van der Waals surface area contributed by atoms with Crippen molar-refractivity contribution >= 4 is 11.6 Å². The Morgan fingerprint density at radius 1 is 1.86 bits per heavy atom. The van der Waals surface area contributed by atoms with Gasteiger partial charge in [0.25, 0.3) is 0 Å². The van der Waals surface area contributed by atoms with Crippen LogP contribution in [0, 0.1) is 0 Å². The summed E-state index contributed by atoms with van der Waals surface area (Å²) in [5.74, 6) is 0. The van der Waals surface area contributed by atoms with Gasteiger partial charge in [0.05, 0.1) is 0 Å². The molecular formula is C4H8ClOZn. The summed E-state index contributed by atoms with van der Waals surface area (Å²) < 4.78 is 10.1. The molecular weight excluding hydrogens is 165 g/mol. The fourth-order valence-corrected chi connectivity index (χ4v) is 1.82. The van der Waals surface area contributed by atoms with Crippen molar-refractivity contribution in [3.05, 3.63) is 0 Å². The molecule has 0 bridgehead atoms. The van der Waals surface area contributed by atoms with Crippen molar-refractivity contribution in [1.82, 2.24) is 0 Å². The van der Waals surface area contributed by atoms with E-state index in [-0.39, 0.29) is 3.97 Å². The van der Waals surface area contributed by atoms with E-state index in [1.807, 2.05) is 6.92 Å². The maximum absolute atomic E-state index is 10.1. The Labute approximate surface area is 56.3 Å². The summed E-state index contributed by atoms with van der Waals surface area (Å²) >= 11 is 4.02. The first kappa shape index (κ1) is 7.71. The SMILES string of the molecule is CCC[CH](Cl)[Zn]=[O]. The van der Waals surface area contributed by atoms with Crippen LogP contribution in [0.25, 0.3) is 0 Å². The van der Waals surface area contributed by atoms with Gasteiger partial charge in [0.15, 0.2) is 0 Å². The van der Waals surface area contributed by atoms with Crippen LogP contribution in [-0.4, -0.2) is 3.97 Å². The minimum absolute atomic E-state index is 0.0532. The van der Waals surface area contributed by atoms with Crippen LogP contribution in [0.3, 0.4) is 0 Å². The van der Waals surface area contributed by atoms with Gasteiger partial charge in [0.2, 0.25) is 0 Å². The summed E-state index contributed by atoms with van der Waals surface area (Å²) in [4.78, 5) is 0. The average molecular weight is 173 g/mol. The first-order valence-electron chi connectivity index (χ1n) is 2.53. The molecule has 0 radical (unpaired) electrons. The van der Waals surface area contributed by atoms with E-state index in [9.17, 15) is 3.57 Å². The van der Waals surface area contributed by atoms with Gasteiger partial charge in [-0.3, -0.25) is 0 Å². The first-order chi connectivity index (χ1) is 3.31. The molecule has 0 aliphatic carbocycles. The van der Waals surface area contributed by atoms with Gasteiger partial charge in [-0.15, -0.1) is 0 Å². The molecule has 0 aliphatic heterocycles. The number of rotatable bonds is 3. The van der Waals surface area contributed by atoms with Crippen molar-refractivity contribution in [2.24, 2.45) is 0 Å². The maximum atomic E-state index is 10.1. The molecule has 1 unspecified atom stereocenters. The number of alkyl halides is 1. The van der Waals surface area contributed by atoms with Crippen molar-refractivity contribution in [2.45, 2.75) is 23.7 Å². The first-order valence-corrected chi connectivity index (χ1v) is 5.89. The zero-order valence-corrected chi connectivity index (χ0v) is 8.21.